The van der Waals surface area contributed by atoms with Gasteiger partial charge in [0.1, 0.15) is 6.04 Å². The van der Waals surface area contributed by atoms with Crippen LogP contribution in [0.2, 0.25) is 0 Å². The van der Waals surface area contributed by atoms with Crippen LogP contribution >= 0.6 is 0 Å². The van der Waals surface area contributed by atoms with E-state index in [4.69, 9.17) is 5.26 Å². The fraction of sp³-hybridized carbons (Fsp3) is 0.462. The van der Waals surface area contributed by atoms with Crippen LogP contribution in [0.1, 0.15) is 17.2 Å². The van der Waals surface area contributed by atoms with Crippen LogP contribution in [0.4, 0.5) is 0 Å². The van der Waals surface area contributed by atoms with Crippen LogP contribution < -0.4 is 5.32 Å². The SMILES string of the molecule is Cc1cccc(C(C#N)NCCN(C)C)c1. The standard InChI is InChI=1S/C13H19N3/c1-11-5-4-6-12(9-11)13(10-14)15-7-8-16(2)3/h4-6,9,13,15H,7-8H2,1-3H3. The van der Waals surface area contributed by atoms with Gasteiger partial charge in [0.05, 0.1) is 6.07 Å². The zero-order chi connectivity index (χ0) is 12.0. The second-order valence-electron chi connectivity index (χ2n) is 4.23. The summed E-state index contributed by atoms with van der Waals surface area (Å²) in [6, 6.07) is 10.2. The first-order valence-electron chi connectivity index (χ1n) is 5.48. The number of benzene rings is 1. The highest BCUT2D eigenvalue weighted by Gasteiger charge is 2.08. The molecule has 1 atom stereocenters. The smallest absolute Gasteiger partial charge is 0.121 e. The molecule has 1 unspecified atom stereocenters. The molecule has 0 fully saturated rings. The Labute approximate surface area is 97.7 Å². The Morgan fingerprint density at radius 2 is 2.19 bits per heavy atom. The quantitative estimate of drug-likeness (QED) is 0.816. The van der Waals surface area contributed by atoms with Crippen LogP contribution in [-0.2, 0) is 0 Å². The molecule has 1 rings (SSSR count). The molecule has 3 nitrogen and oxygen atoms in total. The van der Waals surface area contributed by atoms with Crippen LogP contribution in [0.5, 0.6) is 0 Å². The third-order valence-corrected chi connectivity index (χ3v) is 2.41. The molecular weight excluding hydrogens is 198 g/mol. The Balaban J connectivity index is 2.58. The maximum atomic E-state index is 9.11. The lowest BCUT2D eigenvalue weighted by molar-refractivity contribution is 0.395. The zero-order valence-electron chi connectivity index (χ0n) is 10.2. The molecule has 3 heteroatoms. The van der Waals surface area contributed by atoms with E-state index in [0.717, 1.165) is 18.7 Å². The first-order valence-corrected chi connectivity index (χ1v) is 5.48. The molecule has 1 aromatic carbocycles. The van der Waals surface area contributed by atoms with Crippen molar-refractivity contribution in [3.63, 3.8) is 0 Å². The van der Waals surface area contributed by atoms with E-state index >= 15 is 0 Å². The molecular formula is C13H19N3. The highest BCUT2D eigenvalue weighted by molar-refractivity contribution is 5.28. The first kappa shape index (κ1) is 12.7. The van der Waals surface area contributed by atoms with E-state index in [9.17, 15) is 0 Å². The van der Waals surface area contributed by atoms with E-state index in [-0.39, 0.29) is 6.04 Å². The van der Waals surface area contributed by atoms with Gasteiger partial charge < -0.3 is 4.90 Å². The summed E-state index contributed by atoms with van der Waals surface area (Å²) in [7, 11) is 4.05. The predicted molar refractivity (Wildman–Crippen MR) is 66.1 cm³/mol. The summed E-state index contributed by atoms with van der Waals surface area (Å²) in [6.45, 7) is 3.79. The third-order valence-electron chi connectivity index (χ3n) is 2.41. The van der Waals surface area contributed by atoms with Gasteiger partial charge in [-0.2, -0.15) is 5.26 Å². The summed E-state index contributed by atoms with van der Waals surface area (Å²) in [5.41, 5.74) is 2.23. The topological polar surface area (TPSA) is 39.1 Å². The van der Waals surface area contributed by atoms with E-state index in [1.54, 1.807) is 0 Å². The largest absolute Gasteiger partial charge is 0.308 e. The second kappa shape index (κ2) is 6.26. The molecule has 16 heavy (non-hydrogen) atoms. The van der Waals surface area contributed by atoms with Crippen molar-refractivity contribution in [1.82, 2.24) is 10.2 Å². The lowest BCUT2D eigenvalue weighted by Crippen LogP contribution is -2.29. The number of nitriles is 1. The van der Waals surface area contributed by atoms with Crippen LogP contribution in [0.15, 0.2) is 24.3 Å². The van der Waals surface area contributed by atoms with E-state index < -0.39 is 0 Å². The van der Waals surface area contributed by atoms with Gasteiger partial charge in [-0.15, -0.1) is 0 Å². The molecule has 1 aromatic rings. The molecule has 0 radical (unpaired) electrons. The molecule has 1 N–H and O–H groups in total. The summed E-state index contributed by atoms with van der Waals surface area (Å²) in [4.78, 5) is 2.09. The number of nitrogens with one attached hydrogen (secondary N) is 1. The molecule has 0 aromatic heterocycles. The van der Waals surface area contributed by atoms with E-state index in [1.807, 2.05) is 39.2 Å². The van der Waals surface area contributed by atoms with Crippen molar-refractivity contribution in [2.45, 2.75) is 13.0 Å². The fourth-order valence-electron chi connectivity index (χ4n) is 1.52. The lowest BCUT2D eigenvalue weighted by Gasteiger charge is -2.14. The molecule has 0 saturated heterocycles. The Bertz CT molecular complexity index is 366. The van der Waals surface area contributed by atoms with Gasteiger partial charge in [-0.1, -0.05) is 29.8 Å². The summed E-state index contributed by atoms with van der Waals surface area (Å²) >= 11 is 0. The molecule has 0 saturated carbocycles. The molecule has 0 aliphatic rings. The average Bonchev–Trinajstić information content (AvgIpc) is 2.24. The van der Waals surface area contributed by atoms with Gasteiger partial charge in [0, 0.05) is 13.1 Å². The van der Waals surface area contributed by atoms with Crippen molar-refractivity contribution in [3.05, 3.63) is 35.4 Å². The van der Waals surface area contributed by atoms with Gasteiger partial charge in [0.2, 0.25) is 0 Å². The van der Waals surface area contributed by atoms with Crippen molar-refractivity contribution in [3.8, 4) is 6.07 Å². The molecule has 0 spiro atoms. The van der Waals surface area contributed by atoms with Crippen LogP contribution in [0.25, 0.3) is 0 Å². The van der Waals surface area contributed by atoms with Crippen molar-refractivity contribution >= 4 is 0 Å². The molecule has 0 aliphatic heterocycles. The highest BCUT2D eigenvalue weighted by atomic mass is 15.1. The normalized spacial score (nSPS) is 12.4. The van der Waals surface area contributed by atoms with Crippen molar-refractivity contribution in [2.24, 2.45) is 0 Å². The van der Waals surface area contributed by atoms with Crippen molar-refractivity contribution in [2.75, 3.05) is 27.2 Å². The third kappa shape index (κ3) is 4.01. The van der Waals surface area contributed by atoms with Gasteiger partial charge in [-0.3, -0.25) is 5.32 Å². The minimum atomic E-state index is -0.208. The monoisotopic (exact) mass is 217 g/mol. The maximum Gasteiger partial charge on any atom is 0.121 e. The number of rotatable bonds is 5. The Morgan fingerprint density at radius 1 is 1.44 bits per heavy atom. The Kier molecular flexibility index (Phi) is 4.97. The minimum absolute atomic E-state index is 0.208. The summed E-state index contributed by atoms with van der Waals surface area (Å²) in [5.74, 6) is 0. The summed E-state index contributed by atoms with van der Waals surface area (Å²) in [5, 5.41) is 12.4. The van der Waals surface area contributed by atoms with Crippen molar-refractivity contribution < 1.29 is 0 Å². The molecule has 0 aliphatic carbocycles. The predicted octanol–water partition coefficient (Wildman–Crippen LogP) is 1.71. The van der Waals surface area contributed by atoms with Crippen LogP contribution in [0, 0.1) is 18.3 Å². The van der Waals surface area contributed by atoms with Gasteiger partial charge in [-0.05, 0) is 26.6 Å². The van der Waals surface area contributed by atoms with Gasteiger partial charge in [0.15, 0.2) is 0 Å². The molecule has 0 heterocycles. The highest BCUT2D eigenvalue weighted by Crippen LogP contribution is 2.13. The molecule has 86 valence electrons. The number of nitrogens with zero attached hydrogens (tertiary/aromatic N) is 2. The Hall–Kier alpha value is -1.37. The first-order chi connectivity index (χ1) is 7.63. The van der Waals surface area contributed by atoms with E-state index in [1.165, 1.54) is 5.56 Å². The minimum Gasteiger partial charge on any atom is -0.308 e. The number of hydrogen-bond donors (Lipinski definition) is 1. The fourth-order valence-corrected chi connectivity index (χ4v) is 1.52. The van der Waals surface area contributed by atoms with E-state index in [0.29, 0.717) is 0 Å². The van der Waals surface area contributed by atoms with Crippen LogP contribution in [0.3, 0.4) is 0 Å². The van der Waals surface area contributed by atoms with E-state index in [2.05, 4.69) is 22.4 Å². The van der Waals surface area contributed by atoms with Crippen LogP contribution in [-0.4, -0.2) is 32.1 Å². The van der Waals surface area contributed by atoms with Gasteiger partial charge in [0.25, 0.3) is 0 Å². The molecule has 0 bridgehead atoms. The summed E-state index contributed by atoms with van der Waals surface area (Å²) < 4.78 is 0. The van der Waals surface area contributed by atoms with Crippen molar-refractivity contribution in [1.29, 1.82) is 5.26 Å². The summed E-state index contributed by atoms with van der Waals surface area (Å²) in [6.07, 6.45) is 0. The van der Waals surface area contributed by atoms with Gasteiger partial charge >= 0.3 is 0 Å². The lowest BCUT2D eigenvalue weighted by atomic mass is 10.1. The second-order valence-corrected chi connectivity index (χ2v) is 4.23. The Morgan fingerprint density at radius 3 is 2.75 bits per heavy atom. The maximum absolute atomic E-state index is 9.11. The number of aryl methyl sites for hydroxylation is 1. The zero-order valence-corrected chi connectivity index (χ0v) is 10.2. The van der Waals surface area contributed by atoms with Gasteiger partial charge in [-0.25, -0.2) is 0 Å². The number of likely N-dealkylation sites (N-methyl/N-ethyl adjacent to an activating group) is 1. The average molecular weight is 217 g/mol. The molecule has 0 amide bonds. The number of hydrogen-bond acceptors (Lipinski definition) is 3.